The Hall–Kier alpha value is -2.83. The minimum absolute atomic E-state index is 0.0748. The van der Waals surface area contributed by atoms with E-state index in [4.69, 9.17) is 9.47 Å². The van der Waals surface area contributed by atoms with E-state index < -0.39 is 17.6 Å². The molecule has 156 valence electrons. The van der Waals surface area contributed by atoms with Gasteiger partial charge in [-0.05, 0) is 23.3 Å². The number of halogens is 1. The average molecular weight is 470 g/mol. The van der Waals surface area contributed by atoms with Crippen molar-refractivity contribution in [3.05, 3.63) is 96.1 Å². The van der Waals surface area contributed by atoms with Gasteiger partial charge >= 0.3 is 5.97 Å². The molecule has 2 atom stereocenters. The van der Waals surface area contributed by atoms with Crippen molar-refractivity contribution in [2.45, 2.75) is 11.6 Å². The number of anilines is 1. The Balaban J connectivity index is 2.24. The number of esters is 1. The van der Waals surface area contributed by atoms with Gasteiger partial charge in [0.25, 0.3) is 0 Å². The van der Waals surface area contributed by atoms with Crippen LogP contribution in [0.2, 0.25) is 0 Å². The van der Waals surface area contributed by atoms with E-state index in [9.17, 15) is 9.90 Å². The van der Waals surface area contributed by atoms with Gasteiger partial charge < -0.3 is 19.9 Å². The summed E-state index contributed by atoms with van der Waals surface area (Å²) in [6, 6.07) is 25.0. The van der Waals surface area contributed by atoms with Crippen molar-refractivity contribution in [2.75, 3.05) is 24.4 Å². The molecule has 0 aliphatic heterocycles. The van der Waals surface area contributed by atoms with Gasteiger partial charge in [-0.15, -0.1) is 0 Å². The molecule has 0 unspecified atom stereocenters. The zero-order chi connectivity index (χ0) is 21.4. The lowest BCUT2D eigenvalue weighted by Gasteiger charge is -2.39. The fraction of sp³-hybridized carbons (Fsp3) is 0.208. The molecule has 0 bridgehead atoms. The van der Waals surface area contributed by atoms with Gasteiger partial charge in [-0.1, -0.05) is 88.7 Å². The van der Waals surface area contributed by atoms with E-state index >= 15 is 0 Å². The molecule has 6 heteroatoms. The summed E-state index contributed by atoms with van der Waals surface area (Å²) in [6.45, 7) is 0.274. The lowest BCUT2D eigenvalue weighted by molar-refractivity contribution is -0.174. The number of ether oxygens (including phenoxy) is 2. The summed E-state index contributed by atoms with van der Waals surface area (Å²) >= 11 is 3.39. The van der Waals surface area contributed by atoms with Gasteiger partial charge in [0.2, 0.25) is 5.60 Å². The zero-order valence-corrected chi connectivity index (χ0v) is 18.2. The summed E-state index contributed by atoms with van der Waals surface area (Å²) in [6.07, 6.45) is 0. The lowest BCUT2D eigenvalue weighted by Crippen LogP contribution is -2.48. The van der Waals surface area contributed by atoms with Gasteiger partial charge in [0.05, 0.1) is 25.4 Å². The number of phenols is 1. The lowest BCUT2D eigenvalue weighted by atomic mass is 9.81. The Labute approximate surface area is 184 Å². The third-order valence-electron chi connectivity index (χ3n) is 4.84. The fourth-order valence-corrected chi connectivity index (χ4v) is 3.64. The van der Waals surface area contributed by atoms with Crippen LogP contribution < -0.4 is 5.32 Å². The highest BCUT2D eigenvalue weighted by Crippen LogP contribution is 2.43. The van der Waals surface area contributed by atoms with Gasteiger partial charge in [-0.3, -0.25) is 0 Å². The molecule has 2 N–H and O–H groups in total. The number of carbonyl (C=O) groups is 1. The van der Waals surface area contributed by atoms with Crippen LogP contribution >= 0.6 is 15.9 Å². The normalized spacial score (nSPS) is 13.8. The molecular weight excluding hydrogens is 446 g/mol. The Morgan fingerprint density at radius 3 is 2.20 bits per heavy atom. The molecule has 3 aromatic rings. The van der Waals surface area contributed by atoms with Crippen LogP contribution in [-0.4, -0.2) is 30.1 Å². The first-order chi connectivity index (χ1) is 14.6. The summed E-state index contributed by atoms with van der Waals surface area (Å²) < 4.78 is 11.5. The van der Waals surface area contributed by atoms with Gasteiger partial charge in [0, 0.05) is 5.33 Å². The van der Waals surface area contributed by atoms with E-state index in [0.29, 0.717) is 16.6 Å². The summed E-state index contributed by atoms with van der Waals surface area (Å²) in [5.74, 6) is -0.461. The molecule has 0 aliphatic rings. The van der Waals surface area contributed by atoms with Crippen molar-refractivity contribution >= 4 is 27.6 Å². The Morgan fingerprint density at radius 1 is 1.00 bits per heavy atom. The van der Waals surface area contributed by atoms with Crippen molar-refractivity contribution < 1.29 is 19.4 Å². The standard InChI is InChI=1S/C24H24BrNO4/c1-29-23(28)24(30-17-16-25,19-12-6-3-7-13-19)22(18-10-4-2-5-11-18)26-20-14-8-9-15-21(20)27/h2-15,22,26-27H,16-17H2,1H3/t22-,24-/m0/s1. The predicted octanol–water partition coefficient (Wildman–Crippen LogP) is 5.03. The Kier molecular flexibility index (Phi) is 7.49. The van der Waals surface area contributed by atoms with Crippen LogP contribution in [0.3, 0.4) is 0 Å². The van der Waals surface area contributed by atoms with Gasteiger partial charge in [0.15, 0.2) is 0 Å². The maximum absolute atomic E-state index is 13.4. The maximum Gasteiger partial charge on any atom is 0.345 e. The number of methoxy groups -OCH3 is 1. The molecule has 0 saturated heterocycles. The minimum Gasteiger partial charge on any atom is -0.506 e. The first-order valence-electron chi connectivity index (χ1n) is 9.56. The second-order valence-electron chi connectivity index (χ2n) is 6.64. The number of carbonyl (C=O) groups excluding carboxylic acids is 1. The number of rotatable bonds is 9. The number of para-hydroxylation sites is 2. The summed E-state index contributed by atoms with van der Waals surface area (Å²) in [4.78, 5) is 13.4. The van der Waals surface area contributed by atoms with E-state index in [0.717, 1.165) is 5.56 Å². The van der Waals surface area contributed by atoms with Crippen LogP contribution in [0, 0.1) is 0 Å². The average Bonchev–Trinajstić information content (AvgIpc) is 2.80. The van der Waals surface area contributed by atoms with Crippen molar-refractivity contribution in [3.63, 3.8) is 0 Å². The van der Waals surface area contributed by atoms with Crippen molar-refractivity contribution in [2.24, 2.45) is 0 Å². The van der Waals surface area contributed by atoms with Crippen molar-refractivity contribution in [3.8, 4) is 5.75 Å². The molecular formula is C24H24BrNO4. The molecule has 0 aliphatic carbocycles. The molecule has 5 nitrogen and oxygen atoms in total. The van der Waals surface area contributed by atoms with Crippen LogP contribution in [0.4, 0.5) is 5.69 Å². The second-order valence-corrected chi connectivity index (χ2v) is 7.43. The minimum atomic E-state index is -1.49. The highest BCUT2D eigenvalue weighted by Gasteiger charge is 2.51. The monoisotopic (exact) mass is 469 g/mol. The smallest absolute Gasteiger partial charge is 0.345 e. The first kappa shape index (κ1) is 21.9. The topological polar surface area (TPSA) is 67.8 Å². The fourth-order valence-electron chi connectivity index (χ4n) is 3.48. The van der Waals surface area contributed by atoms with Gasteiger partial charge in [0.1, 0.15) is 5.75 Å². The van der Waals surface area contributed by atoms with Crippen LogP contribution in [0.5, 0.6) is 5.75 Å². The van der Waals surface area contributed by atoms with E-state index in [1.807, 2.05) is 66.7 Å². The van der Waals surface area contributed by atoms with Crippen LogP contribution in [0.15, 0.2) is 84.9 Å². The van der Waals surface area contributed by atoms with E-state index in [2.05, 4.69) is 21.2 Å². The third kappa shape index (κ3) is 4.50. The Bertz CT molecular complexity index is 952. The number of aromatic hydroxyl groups is 1. The molecule has 0 spiro atoms. The Morgan fingerprint density at radius 2 is 1.60 bits per heavy atom. The van der Waals surface area contributed by atoms with Crippen molar-refractivity contribution in [1.29, 1.82) is 0 Å². The van der Waals surface area contributed by atoms with Crippen molar-refractivity contribution in [1.82, 2.24) is 0 Å². The van der Waals surface area contributed by atoms with Crippen LogP contribution in [-0.2, 0) is 19.9 Å². The van der Waals surface area contributed by atoms with E-state index in [-0.39, 0.29) is 12.4 Å². The predicted molar refractivity (Wildman–Crippen MR) is 121 cm³/mol. The number of phenolic OH excluding ortho intramolecular Hbond substituents is 1. The molecule has 3 rings (SSSR count). The van der Waals surface area contributed by atoms with E-state index in [1.54, 1.807) is 18.2 Å². The highest BCUT2D eigenvalue weighted by molar-refractivity contribution is 9.09. The summed E-state index contributed by atoms with van der Waals surface area (Å²) in [5.41, 5.74) is 0.449. The summed E-state index contributed by atoms with van der Waals surface area (Å²) in [7, 11) is 1.35. The number of hydrogen-bond donors (Lipinski definition) is 2. The molecule has 30 heavy (non-hydrogen) atoms. The quantitative estimate of drug-likeness (QED) is 0.261. The number of hydrogen-bond acceptors (Lipinski definition) is 5. The molecule has 0 fully saturated rings. The highest BCUT2D eigenvalue weighted by atomic mass is 79.9. The third-order valence-corrected chi connectivity index (χ3v) is 5.17. The second kappa shape index (κ2) is 10.3. The molecule has 0 amide bonds. The maximum atomic E-state index is 13.4. The summed E-state index contributed by atoms with van der Waals surface area (Å²) in [5, 5.41) is 14.3. The number of nitrogens with one attached hydrogen (secondary N) is 1. The molecule has 0 aromatic heterocycles. The molecule has 0 heterocycles. The number of alkyl halides is 1. The van der Waals surface area contributed by atoms with Crippen LogP contribution in [0.25, 0.3) is 0 Å². The first-order valence-corrected chi connectivity index (χ1v) is 10.7. The van der Waals surface area contributed by atoms with E-state index in [1.165, 1.54) is 7.11 Å². The van der Waals surface area contributed by atoms with Gasteiger partial charge in [-0.2, -0.15) is 0 Å². The SMILES string of the molecule is COC(=O)[C@](OCCBr)(c1ccccc1)[C@@H](Nc1ccccc1O)c1ccccc1. The zero-order valence-electron chi connectivity index (χ0n) is 16.6. The largest absolute Gasteiger partial charge is 0.506 e. The van der Waals surface area contributed by atoms with Gasteiger partial charge in [-0.25, -0.2) is 4.79 Å². The molecule has 0 saturated carbocycles. The van der Waals surface area contributed by atoms with Crippen LogP contribution in [0.1, 0.15) is 17.2 Å². The molecule has 3 aromatic carbocycles. The number of benzene rings is 3. The molecule has 0 radical (unpaired) electrons.